The Kier molecular flexibility index (Phi) is 6.89. The standard InChI is InChI=1S/C16H16ClN3O.ClH/c17-13-8-4-5-11(9-13)10-14(15(21)20-16(18)19)12-6-2-1-3-7-12;/h1-9,14H,10H2,(H4,18,19,20,21);1H/t14-;/m0./s1. The van der Waals surface area contributed by atoms with Gasteiger partial charge in [-0.1, -0.05) is 54.1 Å². The number of amides is 1. The number of carbonyl (C=O) groups excluding carboxylic acids is 1. The smallest absolute Gasteiger partial charge is 0.234 e. The third-order valence-corrected chi connectivity index (χ3v) is 3.34. The largest absolute Gasteiger partial charge is 0.370 e. The van der Waals surface area contributed by atoms with Gasteiger partial charge < -0.3 is 5.73 Å². The van der Waals surface area contributed by atoms with Gasteiger partial charge in [-0.25, -0.2) is 0 Å². The Labute approximate surface area is 140 Å². The Bertz CT molecular complexity index is 647. The maximum Gasteiger partial charge on any atom is 0.234 e. The number of nitrogens with two attached hydrogens (primary N) is 1. The number of halogens is 2. The average molecular weight is 338 g/mol. The number of hydrogen-bond donors (Lipinski definition) is 3. The Morgan fingerprint density at radius 2 is 1.86 bits per heavy atom. The fourth-order valence-electron chi connectivity index (χ4n) is 2.17. The van der Waals surface area contributed by atoms with E-state index in [2.05, 4.69) is 5.32 Å². The van der Waals surface area contributed by atoms with Crippen LogP contribution in [0.15, 0.2) is 54.6 Å². The lowest BCUT2D eigenvalue weighted by molar-refractivity contribution is -0.121. The number of benzene rings is 2. The summed E-state index contributed by atoms with van der Waals surface area (Å²) in [6.45, 7) is 0. The molecule has 0 saturated heterocycles. The molecule has 0 saturated carbocycles. The van der Waals surface area contributed by atoms with Crippen LogP contribution in [0.1, 0.15) is 17.0 Å². The average Bonchev–Trinajstić information content (AvgIpc) is 2.45. The Morgan fingerprint density at radius 1 is 1.18 bits per heavy atom. The quantitative estimate of drug-likeness (QED) is 0.592. The normalized spacial score (nSPS) is 11.1. The van der Waals surface area contributed by atoms with Crippen molar-refractivity contribution in [2.75, 3.05) is 0 Å². The highest BCUT2D eigenvalue weighted by Crippen LogP contribution is 2.22. The first-order chi connectivity index (χ1) is 10.1. The predicted octanol–water partition coefficient (Wildman–Crippen LogP) is 3.10. The molecule has 4 N–H and O–H groups in total. The molecule has 0 aliphatic heterocycles. The zero-order valence-electron chi connectivity index (χ0n) is 11.8. The van der Waals surface area contributed by atoms with Crippen LogP contribution in [0.3, 0.4) is 0 Å². The lowest BCUT2D eigenvalue weighted by atomic mass is 9.91. The third kappa shape index (κ3) is 5.06. The SMILES string of the molecule is Cl.N=C(N)NC(=O)[C@@H](Cc1cccc(Cl)c1)c1ccccc1. The molecular formula is C16H17Cl2N3O. The van der Waals surface area contributed by atoms with Crippen LogP contribution in [0, 0.1) is 5.41 Å². The summed E-state index contributed by atoms with van der Waals surface area (Å²) in [5.41, 5.74) is 7.08. The van der Waals surface area contributed by atoms with E-state index in [4.69, 9.17) is 22.7 Å². The summed E-state index contributed by atoms with van der Waals surface area (Å²) < 4.78 is 0. The number of nitrogens with one attached hydrogen (secondary N) is 2. The van der Waals surface area contributed by atoms with Crippen LogP contribution < -0.4 is 11.1 Å². The summed E-state index contributed by atoms with van der Waals surface area (Å²) in [6, 6.07) is 16.8. The van der Waals surface area contributed by atoms with Crippen LogP contribution >= 0.6 is 24.0 Å². The van der Waals surface area contributed by atoms with Gasteiger partial charge in [-0.15, -0.1) is 12.4 Å². The van der Waals surface area contributed by atoms with Gasteiger partial charge in [-0.05, 0) is 29.7 Å². The molecule has 1 atom stereocenters. The van der Waals surface area contributed by atoms with Crippen LogP contribution in [-0.4, -0.2) is 11.9 Å². The molecule has 116 valence electrons. The van der Waals surface area contributed by atoms with Gasteiger partial charge in [-0.2, -0.15) is 0 Å². The van der Waals surface area contributed by atoms with Gasteiger partial charge in [0.1, 0.15) is 0 Å². The third-order valence-electron chi connectivity index (χ3n) is 3.11. The number of guanidine groups is 1. The van der Waals surface area contributed by atoms with Crippen LogP contribution in [0.25, 0.3) is 0 Å². The van der Waals surface area contributed by atoms with E-state index in [-0.39, 0.29) is 24.3 Å². The Hall–Kier alpha value is -2.04. The Morgan fingerprint density at radius 3 is 2.45 bits per heavy atom. The molecule has 0 fully saturated rings. The van der Waals surface area contributed by atoms with Crippen molar-refractivity contribution in [1.82, 2.24) is 5.32 Å². The number of hydrogen-bond acceptors (Lipinski definition) is 2. The van der Waals surface area contributed by atoms with E-state index in [1.54, 1.807) is 6.07 Å². The zero-order valence-corrected chi connectivity index (χ0v) is 13.3. The van der Waals surface area contributed by atoms with E-state index >= 15 is 0 Å². The summed E-state index contributed by atoms with van der Waals surface area (Å²) in [5, 5.41) is 10.2. The zero-order chi connectivity index (χ0) is 15.2. The fourth-order valence-corrected chi connectivity index (χ4v) is 2.38. The molecule has 0 unspecified atom stereocenters. The van der Waals surface area contributed by atoms with Gasteiger partial charge in [0.25, 0.3) is 0 Å². The molecule has 0 spiro atoms. The molecule has 0 heterocycles. The fraction of sp³-hybridized carbons (Fsp3) is 0.125. The van der Waals surface area contributed by atoms with E-state index < -0.39 is 5.92 Å². The highest BCUT2D eigenvalue weighted by Gasteiger charge is 2.21. The second-order valence-corrected chi connectivity index (χ2v) is 5.14. The van der Waals surface area contributed by atoms with Gasteiger partial charge in [0, 0.05) is 5.02 Å². The first-order valence-corrected chi connectivity index (χ1v) is 6.88. The minimum atomic E-state index is -0.423. The van der Waals surface area contributed by atoms with Crippen molar-refractivity contribution in [3.63, 3.8) is 0 Å². The molecule has 1 amide bonds. The molecule has 22 heavy (non-hydrogen) atoms. The van der Waals surface area contributed by atoms with Gasteiger partial charge in [0.05, 0.1) is 5.92 Å². The topological polar surface area (TPSA) is 79.0 Å². The minimum Gasteiger partial charge on any atom is -0.370 e. The summed E-state index contributed by atoms with van der Waals surface area (Å²) in [4.78, 5) is 12.3. The molecule has 2 rings (SSSR count). The highest BCUT2D eigenvalue weighted by atomic mass is 35.5. The lowest BCUT2D eigenvalue weighted by Crippen LogP contribution is -2.39. The van der Waals surface area contributed by atoms with Gasteiger partial charge in [-0.3, -0.25) is 15.5 Å². The minimum absolute atomic E-state index is 0. The van der Waals surface area contributed by atoms with E-state index in [1.165, 1.54) is 0 Å². The molecule has 6 heteroatoms. The maximum atomic E-state index is 12.3. The lowest BCUT2D eigenvalue weighted by Gasteiger charge is -2.17. The van der Waals surface area contributed by atoms with Gasteiger partial charge >= 0.3 is 0 Å². The molecule has 0 bridgehead atoms. The molecule has 0 radical (unpaired) electrons. The van der Waals surface area contributed by atoms with Gasteiger partial charge in [0.15, 0.2) is 5.96 Å². The molecule has 0 aliphatic carbocycles. The molecular weight excluding hydrogens is 321 g/mol. The van der Waals surface area contributed by atoms with Crippen LogP contribution in [0.4, 0.5) is 0 Å². The predicted molar refractivity (Wildman–Crippen MR) is 91.6 cm³/mol. The van der Waals surface area contributed by atoms with Crippen molar-refractivity contribution in [3.05, 3.63) is 70.7 Å². The number of carbonyl (C=O) groups is 1. The monoisotopic (exact) mass is 337 g/mol. The van der Waals surface area contributed by atoms with E-state index in [1.807, 2.05) is 48.5 Å². The first-order valence-electron chi connectivity index (χ1n) is 6.50. The van der Waals surface area contributed by atoms with Crippen LogP contribution in [0.5, 0.6) is 0 Å². The van der Waals surface area contributed by atoms with E-state index in [0.717, 1.165) is 11.1 Å². The summed E-state index contributed by atoms with van der Waals surface area (Å²) in [7, 11) is 0. The molecule has 0 aliphatic rings. The maximum absolute atomic E-state index is 12.3. The summed E-state index contributed by atoms with van der Waals surface area (Å²) >= 11 is 5.98. The van der Waals surface area contributed by atoms with Crippen LogP contribution in [0.2, 0.25) is 5.02 Å². The van der Waals surface area contributed by atoms with Crippen molar-refractivity contribution < 1.29 is 4.79 Å². The second kappa shape index (κ2) is 8.41. The van der Waals surface area contributed by atoms with Crippen molar-refractivity contribution in [3.8, 4) is 0 Å². The van der Waals surface area contributed by atoms with Crippen molar-refractivity contribution in [1.29, 1.82) is 5.41 Å². The highest BCUT2D eigenvalue weighted by molar-refractivity contribution is 6.30. The first kappa shape index (κ1) is 18.0. The summed E-state index contributed by atoms with van der Waals surface area (Å²) in [6.07, 6.45) is 0.490. The van der Waals surface area contributed by atoms with Crippen molar-refractivity contribution in [2.45, 2.75) is 12.3 Å². The summed E-state index contributed by atoms with van der Waals surface area (Å²) in [5.74, 6) is -1.07. The van der Waals surface area contributed by atoms with Crippen molar-refractivity contribution >= 4 is 35.9 Å². The van der Waals surface area contributed by atoms with E-state index in [9.17, 15) is 4.79 Å². The second-order valence-electron chi connectivity index (χ2n) is 4.70. The van der Waals surface area contributed by atoms with E-state index in [0.29, 0.717) is 11.4 Å². The number of rotatable bonds is 4. The van der Waals surface area contributed by atoms with Gasteiger partial charge in [0.2, 0.25) is 5.91 Å². The molecule has 0 aromatic heterocycles. The molecule has 2 aromatic rings. The van der Waals surface area contributed by atoms with Crippen LogP contribution in [-0.2, 0) is 11.2 Å². The Balaban J connectivity index is 0.00000242. The van der Waals surface area contributed by atoms with Crippen molar-refractivity contribution in [2.24, 2.45) is 5.73 Å². The molecule has 4 nitrogen and oxygen atoms in total. The molecule has 2 aromatic carbocycles.